The van der Waals surface area contributed by atoms with E-state index >= 15 is 0 Å². The van der Waals surface area contributed by atoms with Crippen LogP contribution in [0.15, 0.2) is 0 Å². The molecule has 0 aromatic rings. The first kappa shape index (κ1) is 11.9. The summed E-state index contributed by atoms with van der Waals surface area (Å²) in [7, 11) is 0. The van der Waals surface area contributed by atoms with E-state index in [1.54, 1.807) is 0 Å². The van der Waals surface area contributed by atoms with Crippen molar-refractivity contribution in [2.24, 2.45) is 5.92 Å². The molecule has 0 rings (SSSR count). The van der Waals surface area contributed by atoms with Crippen LogP contribution in [0, 0.1) is 5.92 Å². The van der Waals surface area contributed by atoms with Gasteiger partial charge >= 0.3 is 0 Å². The van der Waals surface area contributed by atoms with E-state index in [-0.39, 0.29) is 0 Å². The molecule has 0 bridgehead atoms. The maximum absolute atomic E-state index is 8.56. The van der Waals surface area contributed by atoms with Gasteiger partial charge in [0, 0.05) is 12.6 Å². The van der Waals surface area contributed by atoms with Crippen LogP contribution in [0.5, 0.6) is 0 Å². The Hall–Kier alpha value is -0.0800. The quantitative estimate of drug-likeness (QED) is 0.575. The van der Waals surface area contributed by atoms with Crippen molar-refractivity contribution in [2.75, 3.05) is 13.2 Å². The van der Waals surface area contributed by atoms with Gasteiger partial charge in [0.15, 0.2) is 0 Å². The zero-order chi connectivity index (χ0) is 9.40. The van der Waals surface area contributed by atoms with Gasteiger partial charge in [-0.05, 0) is 32.2 Å². The number of unbranched alkanes of at least 4 members (excludes halogenated alkanes) is 1. The Morgan fingerprint density at radius 3 is 2.42 bits per heavy atom. The molecule has 0 saturated heterocycles. The average molecular weight is 173 g/mol. The largest absolute Gasteiger partial charge is 0.396 e. The molecule has 2 heteroatoms. The van der Waals surface area contributed by atoms with Gasteiger partial charge in [-0.25, -0.2) is 0 Å². The second-order valence-electron chi connectivity index (χ2n) is 3.56. The molecule has 0 aliphatic carbocycles. The zero-order valence-corrected chi connectivity index (χ0v) is 8.64. The smallest absolute Gasteiger partial charge is 0.0431 e. The van der Waals surface area contributed by atoms with E-state index in [2.05, 4.69) is 26.1 Å². The van der Waals surface area contributed by atoms with Crippen LogP contribution in [0.3, 0.4) is 0 Å². The van der Waals surface area contributed by atoms with Crippen molar-refractivity contribution >= 4 is 0 Å². The fraction of sp³-hybridized carbons (Fsp3) is 1.00. The minimum absolute atomic E-state index is 0.319. The molecular weight excluding hydrogens is 150 g/mol. The fourth-order valence-corrected chi connectivity index (χ4v) is 1.12. The van der Waals surface area contributed by atoms with E-state index in [1.165, 1.54) is 6.42 Å². The molecule has 2 atom stereocenters. The minimum Gasteiger partial charge on any atom is -0.396 e. The van der Waals surface area contributed by atoms with Crippen molar-refractivity contribution in [1.29, 1.82) is 0 Å². The van der Waals surface area contributed by atoms with Crippen LogP contribution in [-0.2, 0) is 0 Å². The van der Waals surface area contributed by atoms with E-state index in [0.717, 1.165) is 25.3 Å². The van der Waals surface area contributed by atoms with Crippen molar-refractivity contribution in [3.63, 3.8) is 0 Å². The predicted molar refractivity (Wildman–Crippen MR) is 53.2 cm³/mol. The molecule has 12 heavy (non-hydrogen) atoms. The van der Waals surface area contributed by atoms with Crippen molar-refractivity contribution in [1.82, 2.24) is 5.32 Å². The van der Waals surface area contributed by atoms with Crippen LogP contribution >= 0.6 is 0 Å². The third-order valence-corrected chi connectivity index (χ3v) is 2.55. The summed E-state index contributed by atoms with van der Waals surface area (Å²) in [6, 6.07) is 0.605. The van der Waals surface area contributed by atoms with Crippen molar-refractivity contribution in [3.8, 4) is 0 Å². The third kappa shape index (κ3) is 5.56. The summed E-state index contributed by atoms with van der Waals surface area (Å²) < 4.78 is 0. The lowest BCUT2D eigenvalue weighted by molar-refractivity contribution is 0.280. The standard InChI is InChI=1S/C10H23NO/c1-4-9(2)10(3)11-7-5-6-8-12/h9-12H,4-8H2,1-3H3. The number of aliphatic hydroxyl groups is 1. The monoisotopic (exact) mass is 173 g/mol. The van der Waals surface area contributed by atoms with Gasteiger partial charge in [-0.2, -0.15) is 0 Å². The molecule has 2 N–H and O–H groups in total. The summed E-state index contributed by atoms with van der Waals surface area (Å²) in [5.74, 6) is 0.749. The highest BCUT2D eigenvalue weighted by Crippen LogP contribution is 2.06. The summed E-state index contributed by atoms with van der Waals surface area (Å²) in [6.45, 7) is 8.07. The Bertz CT molecular complexity index is 95.8. The molecule has 0 fully saturated rings. The van der Waals surface area contributed by atoms with E-state index in [1.807, 2.05) is 0 Å². The van der Waals surface area contributed by atoms with Crippen LogP contribution in [0.2, 0.25) is 0 Å². The molecule has 0 heterocycles. The Morgan fingerprint density at radius 1 is 1.25 bits per heavy atom. The van der Waals surface area contributed by atoms with E-state index < -0.39 is 0 Å². The molecule has 2 unspecified atom stereocenters. The summed E-state index contributed by atoms with van der Waals surface area (Å²) >= 11 is 0. The SMILES string of the molecule is CCC(C)C(C)NCCCCO. The van der Waals surface area contributed by atoms with Crippen molar-refractivity contribution in [2.45, 2.75) is 46.1 Å². The first-order chi connectivity index (χ1) is 5.72. The molecule has 0 aliphatic heterocycles. The highest BCUT2D eigenvalue weighted by molar-refractivity contribution is 4.66. The normalized spacial score (nSPS) is 16.0. The summed E-state index contributed by atoms with van der Waals surface area (Å²) in [5.41, 5.74) is 0. The molecule has 0 amide bonds. The molecule has 0 aromatic carbocycles. The minimum atomic E-state index is 0.319. The van der Waals surface area contributed by atoms with E-state index in [0.29, 0.717) is 12.6 Å². The van der Waals surface area contributed by atoms with Gasteiger partial charge in [0.1, 0.15) is 0 Å². The highest BCUT2D eigenvalue weighted by atomic mass is 16.2. The van der Waals surface area contributed by atoms with Gasteiger partial charge in [-0.1, -0.05) is 20.3 Å². The second-order valence-corrected chi connectivity index (χ2v) is 3.56. The Labute approximate surface area is 76.4 Å². The molecule has 0 radical (unpaired) electrons. The Kier molecular flexibility index (Phi) is 7.51. The van der Waals surface area contributed by atoms with Gasteiger partial charge in [-0.15, -0.1) is 0 Å². The van der Waals surface area contributed by atoms with Crippen LogP contribution in [0.25, 0.3) is 0 Å². The second kappa shape index (κ2) is 7.56. The van der Waals surface area contributed by atoms with E-state index in [9.17, 15) is 0 Å². The lowest BCUT2D eigenvalue weighted by atomic mass is 10.0. The molecule has 0 spiro atoms. The van der Waals surface area contributed by atoms with Crippen LogP contribution < -0.4 is 5.32 Å². The first-order valence-corrected chi connectivity index (χ1v) is 5.06. The maximum Gasteiger partial charge on any atom is 0.0431 e. The Balaban J connectivity index is 3.24. The number of hydrogen-bond acceptors (Lipinski definition) is 2. The van der Waals surface area contributed by atoms with Gasteiger partial charge in [0.05, 0.1) is 0 Å². The van der Waals surface area contributed by atoms with Gasteiger partial charge in [-0.3, -0.25) is 0 Å². The topological polar surface area (TPSA) is 32.3 Å². The summed E-state index contributed by atoms with van der Waals surface area (Å²) in [5, 5.41) is 12.0. The van der Waals surface area contributed by atoms with Crippen LogP contribution in [-0.4, -0.2) is 24.3 Å². The Morgan fingerprint density at radius 2 is 1.92 bits per heavy atom. The predicted octanol–water partition coefficient (Wildman–Crippen LogP) is 1.78. The number of nitrogens with one attached hydrogen (secondary N) is 1. The lowest BCUT2D eigenvalue weighted by Gasteiger charge is -2.19. The molecule has 0 aromatic heterocycles. The van der Waals surface area contributed by atoms with Gasteiger partial charge < -0.3 is 10.4 Å². The molecule has 2 nitrogen and oxygen atoms in total. The van der Waals surface area contributed by atoms with Crippen LogP contribution in [0.4, 0.5) is 0 Å². The van der Waals surface area contributed by atoms with Gasteiger partial charge in [0.2, 0.25) is 0 Å². The fourth-order valence-electron chi connectivity index (χ4n) is 1.12. The number of hydrogen-bond donors (Lipinski definition) is 2. The third-order valence-electron chi connectivity index (χ3n) is 2.55. The number of rotatable bonds is 7. The average Bonchev–Trinajstić information content (AvgIpc) is 2.10. The summed E-state index contributed by atoms with van der Waals surface area (Å²) in [4.78, 5) is 0. The molecule has 0 aliphatic rings. The zero-order valence-electron chi connectivity index (χ0n) is 8.64. The molecule has 0 saturated carbocycles. The first-order valence-electron chi connectivity index (χ1n) is 5.06. The van der Waals surface area contributed by atoms with Crippen molar-refractivity contribution < 1.29 is 5.11 Å². The number of aliphatic hydroxyl groups excluding tert-OH is 1. The lowest BCUT2D eigenvalue weighted by Crippen LogP contribution is -2.32. The molecular formula is C10H23NO. The van der Waals surface area contributed by atoms with E-state index in [4.69, 9.17) is 5.11 Å². The maximum atomic E-state index is 8.56. The molecule has 74 valence electrons. The summed E-state index contributed by atoms with van der Waals surface area (Å²) in [6.07, 6.45) is 3.23. The van der Waals surface area contributed by atoms with Gasteiger partial charge in [0.25, 0.3) is 0 Å². The van der Waals surface area contributed by atoms with Crippen molar-refractivity contribution in [3.05, 3.63) is 0 Å². The highest BCUT2D eigenvalue weighted by Gasteiger charge is 2.07. The van der Waals surface area contributed by atoms with Crippen LogP contribution in [0.1, 0.15) is 40.0 Å².